The number of benzene rings is 1. The zero-order valence-electron chi connectivity index (χ0n) is 11.5. The average molecular weight is 261 g/mol. The lowest BCUT2D eigenvalue weighted by molar-refractivity contribution is 0.275. The van der Waals surface area contributed by atoms with Crippen LogP contribution in [0.15, 0.2) is 42.2 Å². The molecular formula is C14H23N5. The molecule has 0 spiro atoms. The Bertz CT molecular complexity index is 407. The van der Waals surface area contributed by atoms with E-state index in [2.05, 4.69) is 40.1 Å². The van der Waals surface area contributed by atoms with Gasteiger partial charge >= 0.3 is 0 Å². The molecule has 0 bridgehead atoms. The van der Waals surface area contributed by atoms with Gasteiger partial charge in [0, 0.05) is 57.4 Å². The van der Waals surface area contributed by atoms with Crippen molar-refractivity contribution < 1.29 is 0 Å². The summed E-state index contributed by atoms with van der Waals surface area (Å²) >= 11 is 0. The third kappa shape index (κ3) is 4.15. The van der Waals surface area contributed by atoms with E-state index >= 15 is 0 Å². The first-order valence-electron chi connectivity index (χ1n) is 6.61. The molecule has 1 saturated heterocycles. The van der Waals surface area contributed by atoms with Gasteiger partial charge in [-0.2, -0.15) is 0 Å². The van der Waals surface area contributed by atoms with Crippen LogP contribution in [0, 0.1) is 0 Å². The van der Waals surface area contributed by atoms with Crippen LogP contribution in [-0.4, -0.2) is 49.7 Å². The van der Waals surface area contributed by atoms with Crippen molar-refractivity contribution in [1.29, 1.82) is 0 Å². The maximum atomic E-state index is 5.94. The van der Waals surface area contributed by atoms with Crippen LogP contribution in [0.5, 0.6) is 0 Å². The molecule has 1 aromatic carbocycles. The van der Waals surface area contributed by atoms with Crippen LogP contribution in [0.3, 0.4) is 0 Å². The standard InChI is InChI=1S/C14H23N5/c1-17(16)11-13(15)12-18-7-9-19(10-8-18)14-5-3-2-4-6-14/h2-6,11H,7-10,12,15-16H2,1H3/b13-11-. The van der Waals surface area contributed by atoms with Crippen molar-refractivity contribution in [2.24, 2.45) is 11.6 Å². The highest BCUT2D eigenvalue weighted by Crippen LogP contribution is 2.15. The molecule has 1 heterocycles. The largest absolute Gasteiger partial charge is 0.400 e. The summed E-state index contributed by atoms with van der Waals surface area (Å²) in [6.07, 6.45) is 1.77. The fourth-order valence-corrected chi connectivity index (χ4v) is 2.36. The van der Waals surface area contributed by atoms with E-state index in [1.807, 2.05) is 0 Å². The molecule has 19 heavy (non-hydrogen) atoms. The number of nitrogens with zero attached hydrogens (tertiary/aromatic N) is 3. The average Bonchev–Trinajstić information content (AvgIpc) is 2.39. The first-order chi connectivity index (χ1) is 9.15. The highest BCUT2D eigenvalue weighted by Gasteiger charge is 2.17. The van der Waals surface area contributed by atoms with E-state index in [9.17, 15) is 0 Å². The summed E-state index contributed by atoms with van der Waals surface area (Å²) in [4.78, 5) is 4.76. The van der Waals surface area contributed by atoms with Crippen molar-refractivity contribution >= 4 is 5.69 Å². The van der Waals surface area contributed by atoms with E-state index in [1.165, 1.54) is 10.7 Å². The first-order valence-corrected chi connectivity index (χ1v) is 6.61. The number of hydrogen-bond acceptors (Lipinski definition) is 5. The molecule has 1 fully saturated rings. The molecule has 0 unspecified atom stereocenters. The molecule has 0 radical (unpaired) electrons. The predicted octanol–water partition coefficient (Wildman–Crippen LogP) is 0.414. The second-order valence-corrected chi connectivity index (χ2v) is 4.97. The zero-order valence-corrected chi connectivity index (χ0v) is 11.5. The maximum absolute atomic E-state index is 5.94. The summed E-state index contributed by atoms with van der Waals surface area (Å²) in [5.41, 5.74) is 8.04. The van der Waals surface area contributed by atoms with Crippen LogP contribution in [0.25, 0.3) is 0 Å². The van der Waals surface area contributed by atoms with Crippen molar-refractivity contribution in [3.63, 3.8) is 0 Å². The minimum Gasteiger partial charge on any atom is -0.400 e. The fraction of sp³-hybridized carbons (Fsp3) is 0.429. The van der Waals surface area contributed by atoms with Gasteiger partial charge in [0.25, 0.3) is 0 Å². The van der Waals surface area contributed by atoms with Crippen molar-refractivity contribution in [1.82, 2.24) is 9.91 Å². The number of para-hydroxylation sites is 1. The molecule has 0 saturated carbocycles. The van der Waals surface area contributed by atoms with Gasteiger partial charge in [-0.1, -0.05) is 18.2 Å². The van der Waals surface area contributed by atoms with Crippen molar-refractivity contribution in [3.8, 4) is 0 Å². The number of hydrazine groups is 1. The molecule has 0 aromatic heterocycles. The van der Waals surface area contributed by atoms with E-state index in [0.29, 0.717) is 0 Å². The van der Waals surface area contributed by atoms with Gasteiger partial charge < -0.3 is 15.6 Å². The summed E-state index contributed by atoms with van der Waals surface area (Å²) in [5, 5.41) is 1.50. The highest BCUT2D eigenvalue weighted by molar-refractivity contribution is 5.46. The molecule has 1 aliphatic rings. The van der Waals surface area contributed by atoms with E-state index in [-0.39, 0.29) is 0 Å². The lowest BCUT2D eigenvalue weighted by Crippen LogP contribution is -2.47. The SMILES string of the molecule is CN(N)/C=C(\N)CN1CCN(c2ccccc2)CC1. The molecule has 104 valence electrons. The van der Waals surface area contributed by atoms with E-state index in [0.717, 1.165) is 38.4 Å². The Kier molecular flexibility index (Phi) is 4.65. The van der Waals surface area contributed by atoms with Gasteiger partial charge in [-0.25, -0.2) is 5.84 Å². The third-order valence-corrected chi connectivity index (χ3v) is 3.27. The normalized spacial score (nSPS) is 17.6. The maximum Gasteiger partial charge on any atom is 0.0400 e. The van der Waals surface area contributed by atoms with Gasteiger partial charge in [0.05, 0.1) is 0 Å². The number of rotatable bonds is 4. The molecule has 0 amide bonds. The van der Waals surface area contributed by atoms with Gasteiger partial charge in [0.15, 0.2) is 0 Å². The number of hydrogen-bond donors (Lipinski definition) is 2. The van der Waals surface area contributed by atoms with Crippen LogP contribution in [0.4, 0.5) is 5.69 Å². The van der Waals surface area contributed by atoms with Gasteiger partial charge in [-0.15, -0.1) is 0 Å². The number of anilines is 1. The molecule has 0 atom stereocenters. The Morgan fingerprint density at radius 2 is 1.84 bits per heavy atom. The van der Waals surface area contributed by atoms with E-state index in [1.54, 1.807) is 13.2 Å². The Hall–Kier alpha value is -1.72. The Morgan fingerprint density at radius 3 is 2.42 bits per heavy atom. The summed E-state index contributed by atoms with van der Waals surface area (Å²) in [6, 6.07) is 10.5. The van der Waals surface area contributed by atoms with Gasteiger partial charge in [-0.05, 0) is 12.1 Å². The molecule has 5 heteroatoms. The van der Waals surface area contributed by atoms with Crippen molar-refractivity contribution in [2.75, 3.05) is 44.7 Å². The summed E-state index contributed by atoms with van der Waals surface area (Å²) in [7, 11) is 1.78. The second-order valence-electron chi connectivity index (χ2n) is 4.97. The van der Waals surface area contributed by atoms with Gasteiger partial charge in [-0.3, -0.25) is 4.90 Å². The van der Waals surface area contributed by atoms with Crippen LogP contribution in [0.1, 0.15) is 0 Å². The van der Waals surface area contributed by atoms with Gasteiger partial charge in [0.1, 0.15) is 0 Å². The Morgan fingerprint density at radius 1 is 1.21 bits per heavy atom. The fourth-order valence-electron chi connectivity index (χ4n) is 2.36. The first kappa shape index (κ1) is 13.7. The smallest absolute Gasteiger partial charge is 0.0400 e. The Balaban J connectivity index is 1.83. The lowest BCUT2D eigenvalue weighted by Gasteiger charge is -2.36. The zero-order chi connectivity index (χ0) is 13.7. The molecule has 2 rings (SSSR count). The molecular weight excluding hydrogens is 238 g/mol. The topological polar surface area (TPSA) is 61.8 Å². The summed E-state index contributed by atoms with van der Waals surface area (Å²) in [6.45, 7) is 4.91. The van der Waals surface area contributed by atoms with E-state index < -0.39 is 0 Å². The monoisotopic (exact) mass is 261 g/mol. The van der Waals surface area contributed by atoms with Crippen LogP contribution in [0.2, 0.25) is 0 Å². The molecule has 1 aliphatic heterocycles. The lowest BCUT2D eigenvalue weighted by atomic mass is 10.2. The number of piperazine rings is 1. The quantitative estimate of drug-likeness (QED) is 0.607. The van der Waals surface area contributed by atoms with Crippen LogP contribution < -0.4 is 16.5 Å². The second kappa shape index (κ2) is 6.45. The van der Waals surface area contributed by atoms with Gasteiger partial charge in [0.2, 0.25) is 0 Å². The molecule has 4 N–H and O–H groups in total. The molecule has 5 nitrogen and oxygen atoms in total. The van der Waals surface area contributed by atoms with Crippen molar-refractivity contribution in [2.45, 2.75) is 0 Å². The highest BCUT2D eigenvalue weighted by atomic mass is 15.4. The number of nitrogens with two attached hydrogens (primary N) is 2. The minimum atomic E-state index is 0.782. The van der Waals surface area contributed by atoms with E-state index in [4.69, 9.17) is 11.6 Å². The molecule has 0 aliphatic carbocycles. The van der Waals surface area contributed by atoms with Crippen LogP contribution >= 0.6 is 0 Å². The van der Waals surface area contributed by atoms with Crippen LogP contribution in [-0.2, 0) is 0 Å². The minimum absolute atomic E-state index is 0.782. The predicted molar refractivity (Wildman–Crippen MR) is 79.3 cm³/mol. The third-order valence-electron chi connectivity index (χ3n) is 3.27. The van der Waals surface area contributed by atoms with Crippen molar-refractivity contribution in [3.05, 3.63) is 42.2 Å². The Labute approximate surface area is 115 Å². The molecule has 1 aromatic rings. The summed E-state index contributed by atoms with van der Waals surface area (Å²) in [5.74, 6) is 5.55. The summed E-state index contributed by atoms with van der Waals surface area (Å²) < 4.78 is 0.